The van der Waals surface area contributed by atoms with E-state index in [4.69, 9.17) is 10.5 Å². The zero-order chi connectivity index (χ0) is 50.7. The predicted octanol–water partition coefficient (Wildman–Crippen LogP) is 17.4. The minimum Gasteiger partial charge on any atom is -0.444 e. The number of amides is 1. The molecule has 0 saturated heterocycles. The number of nitrogens with one attached hydrogen (secondary N) is 1. The maximum absolute atomic E-state index is 13.2. The second-order valence-electron chi connectivity index (χ2n) is 31.0. The highest BCUT2D eigenvalue weighted by Gasteiger charge is 2.72. The van der Waals surface area contributed by atoms with Crippen LogP contribution in [0.1, 0.15) is 233 Å². The van der Waals surface area contributed by atoms with E-state index in [9.17, 15) is 4.79 Å². The predicted molar refractivity (Wildman–Crippen MR) is 290 cm³/mol. The average molecular weight is 948 g/mol. The molecular formula is C65H106N2O2. The second-order valence-corrected chi connectivity index (χ2v) is 31.0. The van der Waals surface area contributed by atoms with Crippen LogP contribution in [0.2, 0.25) is 0 Å². The molecule has 0 unspecified atom stereocenters. The Morgan fingerprint density at radius 2 is 1.00 bits per heavy atom. The fraction of sp³-hybridized carbons (Fsp3) is 0.862. The molecule has 10 aliphatic rings. The molecule has 10 aliphatic carbocycles. The van der Waals surface area contributed by atoms with Gasteiger partial charge in [0, 0.05) is 11.1 Å². The molecular weight excluding hydrogens is 841 g/mol. The minimum absolute atomic E-state index is 0.0742. The summed E-state index contributed by atoms with van der Waals surface area (Å²) in [5, 5.41) is 3.53. The van der Waals surface area contributed by atoms with Gasteiger partial charge in [-0.1, -0.05) is 117 Å². The number of hydrogen-bond donors (Lipinski definition) is 2. The summed E-state index contributed by atoms with van der Waals surface area (Å²) in [6.07, 6.45) is 28.0. The summed E-state index contributed by atoms with van der Waals surface area (Å²) in [6.45, 7) is 50.4. The van der Waals surface area contributed by atoms with Gasteiger partial charge in [-0.3, -0.25) is 0 Å². The van der Waals surface area contributed by atoms with E-state index in [-0.39, 0.29) is 22.6 Å². The van der Waals surface area contributed by atoms with Crippen LogP contribution in [0.3, 0.4) is 0 Å². The third kappa shape index (κ3) is 7.23. The molecule has 0 aromatic carbocycles. The van der Waals surface area contributed by atoms with Crippen molar-refractivity contribution in [2.75, 3.05) is 0 Å². The number of carbonyl (C=O) groups is 1. The fourth-order valence-corrected chi connectivity index (χ4v) is 22.6. The average Bonchev–Trinajstić information content (AvgIpc) is 3.80. The largest absolute Gasteiger partial charge is 0.444 e. The Hall–Kier alpha value is -1.81. The molecule has 1 amide bonds. The van der Waals surface area contributed by atoms with Gasteiger partial charge in [0.15, 0.2) is 0 Å². The molecule has 0 spiro atoms. The quantitative estimate of drug-likeness (QED) is 0.277. The van der Waals surface area contributed by atoms with E-state index in [1.807, 2.05) is 20.8 Å². The van der Waals surface area contributed by atoms with Crippen molar-refractivity contribution >= 4 is 6.09 Å². The van der Waals surface area contributed by atoms with Crippen molar-refractivity contribution < 1.29 is 9.53 Å². The molecule has 0 heterocycles. The Kier molecular flexibility index (Phi) is 12.3. The van der Waals surface area contributed by atoms with Crippen molar-refractivity contribution in [3.05, 3.63) is 47.6 Å². The van der Waals surface area contributed by atoms with Crippen LogP contribution < -0.4 is 11.1 Å². The highest BCUT2D eigenvalue weighted by Crippen LogP contribution is 2.78. The first-order chi connectivity index (χ1) is 31.7. The Labute approximate surface area is 424 Å². The first kappa shape index (κ1) is 52.1. The van der Waals surface area contributed by atoms with Gasteiger partial charge < -0.3 is 15.8 Å². The van der Waals surface area contributed by atoms with Crippen LogP contribution in [0.5, 0.6) is 0 Å². The lowest BCUT2D eigenvalue weighted by Gasteiger charge is -2.72. The second kappa shape index (κ2) is 16.3. The van der Waals surface area contributed by atoms with E-state index in [0.29, 0.717) is 67.5 Å². The number of fused-ring (bicyclic) bond motifs is 14. The Morgan fingerprint density at radius 3 is 1.46 bits per heavy atom. The summed E-state index contributed by atoms with van der Waals surface area (Å²) in [4.78, 5) is 13.2. The van der Waals surface area contributed by atoms with Crippen molar-refractivity contribution in [3.8, 4) is 0 Å². The van der Waals surface area contributed by atoms with Crippen LogP contribution in [-0.4, -0.2) is 22.8 Å². The molecule has 0 aromatic rings. The summed E-state index contributed by atoms with van der Waals surface area (Å²) in [5.74, 6) is 6.86. The minimum atomic E-state index is -0.480. The first-order valence-corrected chi connectivity index (χ1v) is 29.2. The fourth-order valence-electron chi connectivity index (χ4n) is 22.6. The summed E-state index contributed by atoms with van der Waals surface area (Å²) < 4.78 is 5.83. The van der Waals surface area contributed by atoms with Crippen LogP contribution >= 0.6 is 0 Å². The van der Waals surface area contributed by atoms with Crippen molar-refractivity contribution in [2.24, 2.45) is 108 Å². The van der Waals surface area contributed by atoms with Crippen molar-refractivity contribution in [2.45, 2.75) is 250 Å². The molecule has 0 aromatic heterocycles. The Morgan fingerprint density at radius 1 is 0.565 bits per heavy atom. The topological polar surface area (TPSA) is 64.3 Å². The summed E-state index contributed by atoms with van der Waals surface area (Å²) in [6, 6.07) is 0. The molecule has 0 radical (unpaired) electrons. The number of carbonyl (C=O) groups excluding carboxylic acids is 1. The molecule has 8 saturated carbocycles. The van der Waals surface area contributed by atoms with Gasteiger partial charge in [0.1, 0.15) is 5.60 Å². The van der Waals surface area contributed by atoms with Gasteiger partial charge >= 0.3 is 6.09 Å². The summed E-state index contributed by atoms with van der Waals surface area (Å²) in [5.41, 5.74) is 15.5. The van der Waals surface area contributed by atoms with E-state index in [1.165, 1.54) is 107 Å². The van der Waals surface area contributed by atoms with Crippen LogP contribution in [-0.2, 0) is 4.74 Å². The standard InChI is InChI=1S/C35H57NO2.C30H49N/c1-22(2)24-15-19-35(36-29(37)38-30(4,5)6)21-20-33(10)25(28(24)35)12-13-27-32(9)17-14-23(3)31(7,8)26(32)16-18-34(27,33)11;1-19(2)21-12-16-30(31)18-17-28(7)22(25(21)30)9-10-24-27(6)14-11-20(3)26(4,5)23(27)13-15-29(24,28)8/h14,24-28H,1,12-13,15-21H2,2-11H3,(H,36,37);11,21-25H,1,9-10,12-18,31H2,2-8H3/t24-,25+,26-,27+,28+,32-,33+,34+,35-;21-,22+,23-,24+,25+,27-,28+,29+,30-/m00/s1. The number of rotatable bonds is 3. The van der Waals surface area contributed by atoms with Crippen molar-refractivity contribution in [1.29, 1.82) is 0 Å². The smallest absolute Gasteiger partial charge is 0.408 e. The lowest BCUT2D eigenvalue weighted by atomic mass is 9.33. The summed E-state index contributed by atoms with van der Waals surface area (Å²) >= 11 is 0. The van der Waals surface area contributed by atoms with Crippen molar-refractivity contribution in [3.63, 3.8) is 0 Å². The van der Waals surface area contributed by atoms with Gasteiger partial charge in [-0.2, -0.15) is 0 Å². The van der Waals surface area contributed by atoms with Crippen LogP contribution in [0, 0.1) is 102 Å². The molecule has 0 aliphatic heterocycles. The molecule has 4 nitrogen and oxygen atoms in total. The Bertz CT molecular complexity index is 2150. The molecule has 388 valence electrons. The lowest BCUT2D eigenvalue weighted by Crippen LogP contribution is -2.68. The van der Waals surface area contributed by atoms with Gasteiger partial charge in [-0.15, -0.1) is 0 Å². The van der Waals surface area contributed by atoms with E-state index in [2.05, 4.69) is 128 Å². The number of nitrogens with two attached hydrogens (primary N) is 1. The van der Waals surface area contributed by atoms with Gasteiger partial charge in [-0.25, -0.2) is 4.79 Å². The number of alkyl carbamates (subject to hydrolysis) is 1. The highest BCUT2D eigenvalue weighted by molar-refractivity contribution is 5.69. The van der Waals surface area contributed by atoms with Crippen LogP contribution in [0.4, 0.5) is 4.79 Å². The van der Waals surface area contributed by atoms with Gasteiger partial charge in [-0.05, 0) is 267 Å². The van der Waals surface area contributed by atoms with Crippen LogP contribution in [0.25, 0.3) is 0 Å². The summed E-state index contributed by atoms with van der Waals surface area (Å²) in [7, 11) is 0. The first-order valence-electron chi connectivity index (χ1n) is 29.2. The van der Waals surface area contributed by atoms with Crippen molar-refractivity contribution in [1.82, 2.24) is 5.32 Å². The van der Waals surface area contributed by atoms with E-state index >= 15 is 0 Å². The SMILES string of the molecule is C=C(C)[C@@H]1CC[C@]2(N)CC[C@]3(C)[C@H](CC[C@@H]4[C@@]5(C)CC=C(C)C(C)(C)[C@@H]5CC[C@]43C)[C@@H]12.C=C(C)[C@@H]1CC[C@]2(NC(=O)OC(C)(C)C)CC[C@]3(C)[C@H](CC[C@@H]4[C@@]5(C)CC=C(C)C(C)(C)[C@@H]5CC[C@]43C)[C@@H]12. The third-order valence-corrected chi connectivity index (χ3v) is 27.0. The van der Waals surface area contributed by atoms with Gasteiger partial charge in [0.2, 0.25) is 0 Å². The van der Waals surface area contributed by atoms with E-state index in [0.717, 1.165) is 48.9 Å². The maximum Gasteiger partial charge on any atom is 0.408 e. The molecule has 69 heavy (non-hydrogen) atoms. The number of ether oxygens (including phenoxy) is 1. The van der Waals surface area contributed by atoms with E-state index in [1.54, 1.807) is 11.1 Å². The van der Waals surface area contributed by atoms with Crippen LogP contribution in [0.15, 0.2) is 47.6 Å². The number of allylic oxidation sites excluding steroid dienone is 6. The molecule has 0 bridgehead atoms. The van der Waals surface area contributed by atoms with E-state index < -0.39 is 5.60 Å². The zero-order valence-electron chi connectivity index (χ0n) is 48.0. The number of hydrogen-bond acceptors (Lipinski definition) is 3. The highest BCUT2D eigenvalue weighted by atomic mass is 16.6. The lowest BCUT2D eigenvalue weighted by molar-refractivity contribution is -0.220. The molecule has 4 heteroatoms. The third-order valence-electron chi connectivity index (χ3n) is 27.0. The maximum atomic E-state index is 13.2. The van der Waals surface area contributed by atoms with Gasteiger partial charge in [0.25, 0.3) is 0 Å². The van der Waals surface area contributed by atoms with Gasteiger partial charge in [0.05, 0.1) is 0 Å². The molecule has 3 N–H and O–H groups in total. The monoisotopic (exact) mass is 947 g/mol. The Balaban J connectivity index is 0.000000175. The zero-order valence-corrected chi connectivity index (χ0v) is 48.0. The normalized spacial score (nSPS) is 51.0. The molecule has 10 rings (SSSR count). The molecule has 8 fully saturated rings. The molecule has 18 atom stereocenters.